The highest BCUT2D eigenvalue weighted by atomic mass is 16.3. The van der Waals surface area contributed by atoms with Gasteiger partial charge in [-0.25, -0.2) is 0 Å². The average molecular weight is 420 g/mol. The monoisotopic (exact) mass is 419 g/mol. The zero-order valence-electron chi connectivity index (χ0n) is 19.2. The Kier molecular flexibility index (Phi) is 15.6. The van der Waals surface area contributed by atoms with Gasteiger partial charge >= 0.3 is 0 Å². The molecule has 4 N–H and O–H groups in total. The summed E-state index contributed by atoms with van der Waals surface area (Å²) in [5.74, 6) is 0. The van der Waals surface area contributed by atoms with Gasteiger partial charge in [0.1, 0.15) is 0 Å². The van der Waals surface area contributed by atoms with Gasteiger partial charge in [0, 0.05) is 6.54 Å². The maximum atomic E-state index is 10.3. The Hall–Kier alpha value is -1.20. The fraction of sp³-hybridized carbons (Fsp3) is 0.692. The summed E-state index contributed by atoms with van der Waals surface area (Å²) >= 11 is 0. The van der Waals surface area contributed by atoms with Crippen LogP contribution in [-0.4, -0.2) is 40.2 Å². The number of aryl methyl sites for hydroxylation is 1. The molecule has 0 fully saturated rings. The van der Waals surface area contributed by atoms with E-state index in [1.54, 1.807) is 12.2 Å². The maximum Gasteiger partial charge on any atom is 0.0897 e. The Morgan fingerprint density at radius 1 is 0.867 bits per heavy atom. The van der Waals surface area contributed by atoms with Crippen molar-refractivity contribution in [3.05, 3.63) is 47.5 Å². The van der Waals surface area contributed by atoms with E-state index in [-0.39, 0.29) is 6.61 Å². The molecular formula is C26H45NO3. The first-order valence-corrected chi connectivity index (χ1v) is 12.0. The maximum absolute atomic E-state index is 10.3. The highest BCUT2D eigenvalue weighted by Gasteiger charge is 2.16. The molecule has 3 atom stereocenters. The van der Waals surface area contributed by atoms with E-state index in [4.69, 9.17) is 0 Å². The molecule has 0 aliphatic carbocycles. The molecule has 0 saturated heterocycles. The molecule has 4 heteroatoms. The van der Waals surface area contributed by atoms with Crippen molar-refractivity contribution < 1.29 is 15.3 Å². The van der Waals surface area contributed by atoms with Crippen molar-refractivity contribution in [3.63, 3.8) is 0 Å². The number of aliphatic hydroxyl groups excluding tert-OH is 3. The van der Waals surface area contributed by atoms with Gasteiger partial charge in [-0.3, -0.25) is 0 Å². The minimum absolute atomic E-state index is 0.161. The van der Waals surface area contributed by atoms with E-state index in [2.05, 4.69) is 12.2 Å². The Labute approximate surface area is 184 Å². The third kappa shape index (κ3) is 12.5. The van der Waals surface area contributed by atoms with Crippen LogP contribution >= 0.6 is 0 Å². The highest BCUT2D eigenvalue weighted by Crippen LogP contribution is 2.13. The minimum Gasteiger partial charge on any atom is -0.395 e. The Balaban J connectivity index is 2.16. The van der Waals surface area contributed by atoms with Gasteiger partial charge in [-0.05, 0) is 24.5 Å². The normalized spacial score (nSPS) is 14.8. The fourth-order valence-electron chi connectivity index (χ4n) is 3.66. The second kappa shape index (κ2) is 17.5. The van der Waals surface area contributed by atoms with Gasteiger partial charge in [-0.2, -0.15) is 0 Å². The Morgan fingerprint density at radius 3 is 2.07 bits per heavy atom. The molecule has 0 saturated carbocycles. The fourth-order valence-corrected chi connectivity index (χ4v) is 3.66. The lowest BCUT2D eigenvalue weighted by molar-refractivity contribution is 0.120. The molecule has 0 spiro atoms. The van der Waals surface area contributed by atoms with E-state index in [1.165, 1.54) is 56.9 Å². The Bertz CT molecular complexity index is 561. The third-order valence-electron chi connectivity index (χ3n) is 5.81. The molecule has 0 bridgehead atoms. The van der Waals surface area contributed by atoms with E-state index in [0.717, 1.165) is 24.8 Å². The molecule has 0 aliphatic heterocycles. The summed E-state index contributed by atoms with van der Waals surface area (Å²) in [5, 5.41) is 33.3. The molecular weight excluding hydrogens is 374 g/mol. The number of hydrogen-bond donors (Lipinski definition) is 4. The van der Waals surface area contributed by atoms with Gasteiger partial charge < -0.3 is 20.6 Å². The summed E-state index contributed by atoms with van der Waals surface area (Å²) < 4.78 is 0. The topological polar surface area (TPSA) is 72.7 Å². The van der Waals surface area contributed by atoms with E-state index >= 15 is 0 Å². The lowest BCUT2D eigenvalue weighted by Crippen LogP contribution is -2.41. The number of aliphatic hydroxyl groups is 3. The molecule has 172 valence electrons. The van der Waals surface area contributed by atoms with Gasteiger partial charge in [0.2, 0.25) is 0 Å². The van der Waals surface area contributed by atoms with Crippen molar-refractivity contribution in [1.29, 1.82) is 0 Å². The zero-order chi connectivity index (χ0) is 22.0. The van der Waals surface area contributed by atoms with Gasteiger partial charge in [0.15, 0.2) is 0 Å². The predicted octanol–water partition coefficient (Wildman–Crippen LogP) is 5.03. The van der Waals surface area contributed by atoms with Crippen molar-refractivity contribution in [2.45, 2.75) is 109 Å². The molecule has 4 nitrogen and oxygen atoms in total. The minimum atomic E-state index is -0.832. The van der Waals surface area contributed by atoms with E-state index in [9.17, 15) is 15.3 Å². The van der Waals surface area contributed by atoms with Crippen molar-refractivity contribution in [2.75, 3.05) is 6.61 Å². The molecule has 3 unspecified atom stereocenters. The van der Waals surface area contributed by atoms with Crippen LogP contribution in [0.25, 0.3) is 0 Å². The lowest BCUT2D eigenvalue weighted by atomic mass is 10.0. The first-order chi connectivity index (χ1) is 14.6. The molecule has 0 aliphatic rings. The standard InChI is InChI=1S/C26H45NO3/c1-3-4-5-6-7-8-9-10-11-12-17-24(29)18-19-26(30)25(21-28)27-20-23-16-14-13-15-22(23)2/h13-16,18-19,24-30H,3-12,17,20-21H2,1-2H3. The second-order valence-electron chi connectivity index (χ2n) is 8.51. The second-order valence-corrected chi connectivity index (χ2v) is 8.51. The number of nitrogens with one attached hydrogen (secondary N) is 1. The van der Waals surface area contributed by atoms with Crippen molar-refractivity contribution in [1.82, 2.24) is 5.32 Å². The zero-order valence-corrected chi connectivity index (χ0v) is 19.2. The smallest absolute Gasteiger partial charge is 0.0897 e. The average Bonchev–Trinajstić information content (AvgIpc) is 2.75. The van der Waals surface area contributed by atoms with Crippen molar-refractivity contribution >= 4 is 0 Å². The van der Waals surface area contributed by atoms with Crippen LogP contribution in [0.15, 0.2) is 36.4 Å². The van der Waals surface area contributed by atoms with Gasteiger partial charge in [0.05, 0.1) is 24.9 Å². The molecule has 0 heterocycles. The molecule has 1 aromatic rings. The number of rotatable bonds is 18. The lowest BCUT2D eigenvalue weighted by Gasteiger charge is -2.21. The molecule has 30 heavy (non-hydrogen) atoms. The van der Waals surface area contributed by atoms with E-state index in [1.807, 2.05) is 31.2 Å². The first kappa shape index (κ1) is 26.8. The Morgan fingerprint density at radius 2 is 1.47 bits per heavy atom. The molecule has 0 amide bonds. The summed E-state index contributed by atoms with van der Waals surface area (Å²) in [5.41, 5.74) is 2.33. The predicted molar refractivity (Wildman–Crippen MR) is 127 cm³/mol. The number of benzene rings is 1. The summed E-state index contributed by atoms with van der Waals surface area (Å²) in [7, 11) is 0. The van der Waals surface area contributed by atoms with Crippen molar-refractivity contribution in [3.8, 4) is 0 Å². The van der Waals surface area contributed by atoms with Crippen LogP contribution in [-0.2, 0) is 6.54 Å². The van der Waals surface area contributed by atoms with Crippen LogP contribution in [0.2, 0.25) is 0 Å². The summed E-state index contributed by atoms with van der Waals surface area (Å²) in [6.45, 7) is 4.72. The number of hydrogen-bond acceptors (Lipinski definition) is 4. The SMILES string of the molecule is CCCCCCCCCCCCC(O)C=CC(O)C(CO)NCc1ccccc1C. The molecule has 1 rings (SSSR count). The third-order valence-corrected chi connectivity index (χ3v) is 5.81. The summed E-state index contributed by atoms with van der Waals surface area (Å²) in [6, 6.07) is 7.61. The largest absolute Gasteiger partial charge is 0.395 e. The number of unbranched alkanes of at least 4 members (excludes halogenated alkanes) is 9. The van der Waals surface area contributed by atoms with Gasteiger partial charge in [-0.15, -0.1) is 0 Å². The van der Waals surface area contributed by atoms with Gasteiger partial charge in [0.25, 0.3) is 0 Å². The van der Waals surface area contributed by atoms with Crippen LogP contribution in [0.4, 0.5) is 0 Å². The van der Waals surface area contributed by atoms with Crippen LogP contribution in [0.1, 0.15) is 88.7 Å². The summed E-state index contributed by atoms with van der Waals surface area (Å²) in [4.78, 5) is 0. The highest BCUT2D eigenvalue weighted by molar-refractivity contribution is 5.25. The van der Waals surface area contributed by atoms with Crippen molar-refractivity contribution in [2.24, 2.45) is 0 Å². The van der Waals surface area contributed by atoms with Crippen LogP contribution in [0, 0.1) is 6.92 Å². The molecule has 0 aromatic heterocycles. The summed E-state index contributed by atoms with van der Waals surface area (Å²) in [6.07, 6.45) is 15.4. The van der Waals surface area contributed by atoms with Crippen LogP contribution in [0.3, 0.4) is 0 Å². The van der Waals surface area contributed by atoms with Gasteiger partial charge in [-0.1, -0.05) is 108 Å². The molecule has 1 aromatic carbocycles. The van der Waals surface area contributed by atoms with E-state index in [0.29, 0.717) is 6.54 Å². The first-order valence-electron chi connectivity index (χ1n) is 12.0. The van der Waals surface area contributed by atoms with E-state index < -0.39 is 18.2 Å². The van der Waals surface area contributed by atoms with Crippen LogP contribution in [0.5, 0.6) is 0 Å². The quantitative estimate of drug-likeness (QED) is 0.199. The van der Waals surface area contributed by atoms with Crippen LogP contribution < -0.4 is 5.32 Å². The molecule has 0 radical (unpaired) electrons.